The molecule has 20 heavy (non-hydrogen) atoms. The van der Waals surface area contributed by atoms with Gasteiger partial charge in [0.2, 0.25) is 0 Å². The number of hydrogen-bond donors (Lipinski definition) is 1. The Morgan fingerprint density at radius 2 is 1.70 bits per heavy atom. The van der Waals surface area contributed by atoms with E-state index in [2.05, 4.69) is 36.9 Å². The van der Waals surface area contributed by atoms with Gasteiger partial charge in [-0.15, -0.1) is 0 Å². The van der Waals surface area contributed by atoms with Crippen molar-refractivity contribution >= 4 is 11.4 Å². The van der Waals surface area contributed by atoms with Crippen molar-refractivity contribution in [1.82, 2.24) is 0 Å². The first-order chi connectivity index (χ1) is 9.40. The van der Waals surface area contributed by atoms with E-state index in [4.69, 9.17) is 5.73 Å². The van der Waals surface area contributed by atoms with Crippen molar-refractivity contribution in [2.45, 2.75) is 26.8 Å². The van der Waals surface area contributed by atoms with Gasteiger partial charge in [-0.2, -0.15) is 0 Å². The first-order valence-electron chi connectivity index (χ1n) is 6.76. The largest absolute Gasteiger partial charge is 0.344 e. The summed E-state index contributed by atoms with van der Waals surface area (Å²) in [6, 6.07) is 10.9. The first-order valence-corrected chi connectivity index (χ1v) is 6.76. The van der Waals surface area contributed by atoms with Gasteiger partial charge in [-0.25, -0.2) is 4.39 Å². The van der Waals surface area contributed by atoms with Crippen molar-refractivity contribution in [3.8, 4) is 0 Å². The number of benzene rings is 2. The molecule has 0 aromatic heterocycles. The fourth-order valence-electron chi connectivity index (χ4n) is 2.51. The fourth-order valence-corrected chi connectivity index (χ4v) is 2.51. The van der Waals surface area contributed by atoms with Crippen LogP contribution in [0.2, 0.25) is 0 Å². The van der Waals surface area contributed by atoms with Crippen LogP contribution in [0.25, 0.3) is 0 Å². The molecule has 0 fully saturated rings. The van der Waals surface area contributed by atoms with Gasteiger partial charge >= 0.3 is 0 Å². The zero-order chi connectivity index (χ0) is 14.9. The van der Waals surface area contributed by atoms with E-state index in [-0.39, 0.29) is 11.9 Å². The minimum Gasteiger partial charge on any atom is -0.344 e. The molecule has 0 saturated heterocycles. The Kier molecular flexibility index (Phi) is 4.09. The molecular formula is C17H21FN2. The molecule has 0 amide bonds. The van der Waals surface area contributed by atoms with Crippen molar-refractivity contribution in [2.24, 2.45) is 5.73 Å². The van der Waals surface area contributed by atoms with Crippen molar-refractivity contribution in [3.05, 3.63) is 58.9 Å². The Hall–Kier alpha value is -1.87. The number of nitrogens with zero attached hydrogens (tertiary/aromatic N) is 1. The maximum atomic E-state index is 13.4. The van der Waals surface area contributed by atoms with E-state index < -0.39 is 0 Å². The van der Waals surface area contributed by atoms with Gasteiger partial charge in [-0.3, -0.25) is 0 Å². The smallest absolute Gasteiger partial charge is 0.123 e. The summed E-state index contributed by atoms with van der Waals surface area (Å²) in [7, 11) is 1.98. The molecule has 0 unspecified atom stereocenters. The highest BCUT2D eigenvalue weighted by Crippen LogP contribution is 2.32. The molecule has 106 valence electrons. The lowest BCUT2D eigenvalue weighted by Gasteiger charge is -2.26. The Morgan fingerprint density at radius 3 is 2.30 bits per heavy atom. The molecule has 0 bridgehead atoms. The van der Waals surface area contributed by atoms with Crippen molar-refractivity contribution in [2.75, 3.05) is 11.9 Å². The second-order valence-corrected chi connectivity index (χ2v) is 5.34. The molecule has 0 radical (unpaired) electrons. The number of rotatable bonds is 3. The molecule has 0 saturated carbocycles. The van der Waals surface area contributed by atoms with E-state index in [0.717, 1.165) is 16.9 Å². The predicted molar refractivity (Wildman–Crippen MR) is 83.0 cm³/mol. The summed E-state index contributed by atoms with van der Waals surface area (Å²) in [6.07, 6.45) is 0. The summed E-state index contributed by atoms with van der Waals surface area (Å²) < 4.78 is 13.4. The number of nitrogens with two attached hydrogens (primary N) is 1. The molecule has 0 heterocycles. The number of anilines is 2. The molecule has 0 spiro atoms. The van der Waals surface area contributed by atoms with E-state index in [0.29, 0.717) is 0 Å². The fraction of sp³-hybridized carbons (Fsp3) is 0.294. The van der Waals surface area contributed by atoms with Gasteiger partial charge in [0, 0.05) is 24.5 Å². The van der Waals surface area contributed by atoms with Crippen molar-refractivity contribution < 1.29 is 4.39 Å². The number of halogens is 1. The lowest BCUT2D eigenvalue weighted by atomic mass is 10.0. The van der Waals surface area contributed by atoms with Crippen LogP contribution >= 0.6 is 0 Å². The standard InChI is InChI=1S/C17H21FN2/c1-11-5-7-16(12(2)9-11)20(4)17-8-6-14(18)10-15(17)13(3)19/h5-10,13H,19H2,1-4H3/t13-/m1/s1. The van der Waals surface area contributed by atoms with Crippen LogP contribution in [0.1, 0.15) is 29.7 Å². The topological polar surface area (TPSA) is 29.3 Å². The van der Waals surface area contributed by atoms with Gasteiger partial charge in [0.15, 0.2) is 0 Å². The van der Waals surface area contributed by atoms with Crippen LogP contribution in [0, 0.1) is 19.7 Å². The van der Waals surface area contributed by atoms with Gasteiger partial charge < -0.3 is 10.6 Å². The third-order valence-corrected chi connectivity index (χ3v) is 3.56. The lowest BCUT2D eigenvalue weighted by molar-refractivity contribution is 0.622. The van der Waals surface area contributed by atoms with E-state index in [9.17, 15) is 4.39 Å². The molecule has 2 aromatic carbocycles. The first kappa shape index (κ1) is 14.5. The molecule has 3 heteroatoms. The van der Waals surface area contributed by atoms with Gasteiger partial charge in [0.25, 0.3) is 0 Å². The van der Waals surface area contributed by atoms with Crippen LogP contribution in [0.4, 0.5) is 15.8 Å². The maximum absolute atomic E-state index is 13.4. The Labute approximate surface area is 120 Å². The number of aryl methyl sites for hydroxylation is 2. The van der Waals surface area contributed by atoms with Crippen LogP contribution in [-0.2, 0) is 0 Å². The minimum absolute atomic E-state index is 0.214. The van der Waals surface area contributed by atoms with E-state index in [1.165, 1.54) is 23.3 Å². The summed E-state index contributed by atoms with van der Waals surface area (Å²) in [5.41, 5.74) is 11.2. The van der Waals surface area contributed by atoms with Crippen LogP contribution in [0.15, 0.2) is 36.4 Å². The molecule has 2 rings (SSSR count). The molecule has 0 aliphatic carbocycles. The Bertz CT molecular complexity index is 620. The van der Waals surface area contributed by atoms with Crippen molar-refractivity contribution in [1.29, 1.82) is 0 Å². The number of hydrogen-bond acceptors (Lipinski definition) is 2. The minimum atomic E-state index is -0.255. The highest BCUT2D eigenvalue weighted by Gasteiger charge is 2.14. The Morgan fingerprint density at radius 1 is 1.05 bits per heavy atom. The van der Waals surface area contributed by atoms with Crippen LogP contribution < -0.4 is 10.6 Å². The normalized spacial score (nSPS) is 12.3. The van der Waals surface area contributed by atoms with Crippen LogP contribution in [0.3, 0.4) is 0 Å². The van der Waals surface area contributed by atoms with Crippen molar-refractivity contribution in [3.63, 3.8) is 0 Å². The van der Waals surface area contributed by atoms with Gasteiger partial charge in [0.1, 0.15) is 5.82 Å². The third-order valence-electron chi connectivity index (χ3n) is 3.56. The van der Waals surface area contributed by atoms with E-state index >= 15 is 0 Å². The van der Waals surface area contributed by atoms with E-state index in [1.54, 1.807) is 6.07 Å². The molecule has 0 aliphatic rings. The monoisotopic (exact) mass is 272 g/mol. The zero-order valence-corrected chi connectivity index (χ0v) is 12.4. The second kappa shape index (κ2) is 5.63. The quantitative estimate of drug-likeness (QED) is 0.906. The lowest BCUT2D eigenvalue weighted by Crippen LogP contribution is -2.16. The Balaban J connectivity index is 2.50. The zero-order valence-electron chi connectivity index (χ0n) is 12.4. The van der Waals surface area contributed by atoms with E-state index in [1.807, 2.05) is 14.0 Å². The predicted octanol–water partition coefficient (Wildman–Crippen LogP) is 4.23. The highest BCUT2D eigenvalue weighted by molar-refractivity contribution is 5.69. The summed E-state index contributed by atoms with van der Waals surface area (Å²) >= 11 is 0. The molecule has 1 atom stereocenters. The van der Waals surface area contributed by atoms with Gasteiger partial charge in [-0.1, -0.05) is 17.7 Å². The summed E-state index contributed by atoms with van der Waals surface area (Å²) in [5, 5.41) is 0. The molecule has 2 N–H and O–H groups in total. The summed E-state index contributed by atoms with van der Waals surface area (Å²) in [5.74, 6) is -0.255. The molecule has 0 aliphatic heterocycles. The average molecular weight is 272 g/mol. The summed E-state index contributed by atoms with van der Waals surface area (Å²) in [6.45, 7) is 6.02. The van der Waals surface area contributed by atoms with Gasteiger partial charge in [0.05, 0.1) is 0 Å². The third kappa shape index (κ3) is 2.83. The van der Waals surface area contributed by atoms with Gasteiger partial charge in [-0.05, 0) is 56.2 Å². The van der Waals surface area contributed by atoms with Crippen LogP contribution in [0.5, 0.6) is 0 Å². The average Bonchev–Trinajstić information content (AvgIpc) is 2.37. The van der Waals surface area contributed by atoms with Crippen LogP contribution in [-0.4, -0.2) is 7.05 Å². The SMILES string of the molecule is Cc1ccc(N(C)c2ccc(F)cc2[C@@H](C)N)c(C)c1. The molecular weight excluding hydrogens is 251 g/mol. The maximum Gasteiger partial charge on any atom is 0.123 e. The summed E-state index contributed by atoms with van der Waals surface area (Å²) in [4.78, 5) is 2.06. The highest BCUT2D eigenvalue weighted by atomic mass is 19.1. The second-order valence-electron chi connectivity index (χ2n) is 5.34. The molecule has 2 nitrogen and oxygen atoms in total. The molecule has 2 aromatic rings.